The van der Waals surface area contributed by atoms with E-state index in [0.29, 0.717) is 19.5 Å². The standard InChI is InChI=1S/C10H15N3O/c1-13(7-4-11)10(14)8-9-2-5-12-6-3-9/h2-3,5-6H,4,7-8,11H2,1H3. The molecule has 0 aliphatic rings. The average Bonchev–Trinajstić information content (AvgIpc) is 2.19. The lowest BCUT2D eigenvalue weighted by Gasteiger charge is -2.15. The Labute approximate surface area is 83.7 Å². The normalized spacial score (nSPS) is 9.86. The quantitative estimate of drug-likeness (QED) is 0.734. The van der Waals surface area contributed by atoms with Crippen LogP contribution in [0.3, 0.4) is 0 Å². The van der Waals surface area contributed by atoms with E-state index in [2.05, 4.69) is 4.98 Å². The smallest absolute Gasteiger partial charge is 0.226 e. The molecule has 0 spiro atoms. The van der Waals surface area contributed by atoms with Crippen LogP contribution in [-0.2, 0) is 11.2 Å². The van der Waals surface area contributed by atoms with E-state index in [0.717, 1.165) is 5.56 Å². The lowest BCUT2D eigenvalue weighted by molar-refractivity contribution is -0.129. The summed E-state index contributed by atoms with van der Waals surface area (Å²) >= 11 is 0. The number of amides is 1. The van der Waals surface area contributed by atoms with Crippen molar-refractivity contribution in [3.05, 3.63) is 30.1 Å². The van der Waals surface area contributed by atoms with Gasteiger partial charge in [-0.1, -0.05) is 0 Å². The molecular formula is C10H15N3O. The van der Waals surface area contributed by atoms with Crippen LogP contribution in [0.15, 0.2) is 24.5 Å². The fourth-order valence-corrected chi connectivity index (χ4v) is 1.13. The minimum absolute atomic E-state index is 0.0849. The molecule has 4 nitrogen and oxygen atoms in total. The number of nitrogens with zero attached hydrogens (tertiary/aromatic N) is 2. The van der Waals surface area contributed by atoms with Crippen LogP contribution >= 0.6 is 0 Å². The van der Waals surface area contributed by atoms with Crippen molar-refractivity contribution in [3.8, 4) is 0 Å². The molecule has 0 aromatic carbocycles. The largest absolute Gasteiger partial charge is 0.344 e. The first-order chi connectivity index (χ1) is 6.74. The van der Waals surface area contributed by atoms with Crippen LogP contribution in [0.2, 0.25) is 0 Å². The molecule has 0 radical (unpaired) electrons. The van der Waals surface area contributed by atoms with E-state index in [1.165, 1.54) is 0 Å². The molecule has 1 amide bonds. The van der Waals surface area contributed by atoms with E-state index in [-0.39, 0.29) is 5.91 Å². The van der Waals surface area contributed by atoms with Crippen molar-refractivity contribution in [1.82, 2.24) is 9.88 Å². The molecule has 0 saturated carbocycles. The molecule has 0 atom stereocenters. The molecule has 1 heterocycles. The number of nitrogens with two attached hydrogens (primary N) is 1. The average molecular weight is 193 g/mol. The molecule has 0 saturated heterocycles. The number of rotatable bonds is 4. The molecule has 0 bridgehead atoms. The number of carbonyl (C=O) groups is 1. The van der Waals surface area contributed by atoms with Crippen LogP contribution in [0.1, 0.15) is 5.56 Å². The Morgan fingerprint density at radius 1 is 1.50 bits per heavy atom. The Bertz CT molecular complexity index is 287. The number of hydrogen-bond acceptors (Lipinski definition) is 3. The van der Waals surface area contributed by atoms with Crippen LogP contribution in [0.5, 0.6) is 0 Å². The predicted molar refractivity (Wildman–Crippen MR) is 54.6 cm³/mol. The van der Waals surface area contributed by atoms with Crippen LogP contribution < -0.4 is 5.73 Å². The number of pyridine rings is 1. The number of aromatic nitrogens is 1. The molecule has 14 heavy (non-hydrogen) atoms. The zero-order valence-corrected chi connectivity index (χ0v) is 8.31. The SMILES string of the molecule is CN(CCN)C(=O)Cc1ccncc1. The second-order valence-electron chi connectivity index (χ2n) is 3.14. The van der Waals surface area contributed by atoms with Gasteiger partial charge in [-0.2, -0.15) is 0 Å². The first-order valence-corrected chi connectivity index (χ1v) is 4.57. The minimum Gasteiger partial charge on any atom is -0.344 e. The second-order valence-corrected chi connectivity index (χ2v) is 3.14. The summed E-state index contributed by atoms with van der Waals surface area (Å²) in [5, 5.41) is 0. The lowest BCUT2D eigenvalue weighted by Crippen LogP contribution is -2.32. The van der Waals surface area contributed by atoms with Crippen molar-refractivity contribution in [2.75, 3.05) is 20.1 Å². The fraction of sp³-hybridized carbons (Fsp3) is 0.400. The summed E-state index contributed by atoms with van der Waals surface area (Å²) in [6.07, 6.45) is 3.79. The van der Waals surface area contributed by atoms with Gasteiger partial charge in [0.1, 0.15) is 0 Å². The zero-order valence-electron chi connectivity index (χ0n) is 8.31. The van der Waals surface area contributed by atoms with Crippen molar-refractivity contribution in [1.29, 1.82) is 0 Å². The van der Waals surface area contributed by atoms with E-state index < -0.39 is 0 Å². The Morgan fingerprint density at radius 2 is 2.14 bits per heavy atom. The van der Waals surface area contributed by atoms with E-state index in [1.807, 2.05) is 12.1 Å². The van der Waals surface area contributed by atoms with Crippen molar-refractivity contribution in [2.45, 2.75) is 6.42 Å². The highest BCUT2D eigenvalue weighted by atomic mass is 16.2. The molecule has 0 unspecified atom stereocenters. The van der Waals surface area contributed by atoms with Crippen LogP contribution in [-0.4, -0.2) is 35.9 Å². The highest BCUT2D eigenvalue weighted by Crippen LogP contribution is 1.99. The molecule has 0 fully saturated rings. The van der Waals surface area contributed by atoms with Gasteiger partial charge in [-0.15, -0.1) is 0 Å². The van der Waals surface area contributed by atoms with Gasteiger partial charge < -0.3 is 10.6 Å². The summed E-state index contributed by atoms with van der Waals surface area (Å²) in [5.41, 5.74) is 6.34. The van der Waals surface area contributed by atoms with E-state index in [1.54, 1.807) is 24.3 Å². The maximum atomic E-state index is 11.6. The summed E-state index contributed by atoms with van der Waals surface area (Å²) < 4.78 is 0. The number of likely N-dealkylation sites (N-methyl/N-ethyl adjacent to an activating group) is 1. The topological polar surface area (TPSA) is 59.2 Å². The van der Waals surface area contributed by atoms with Gasteiger partial charge in [-0.25, -0.2) is 0 Å². The summed E-state index contributed by atoms with van der Waals surface area (Å²) in [5.74, 6) is 0.0849. The first kappa shape index (κ1) is 10.7. The van der Waals surface area contributed by atoms with Crippen molar-refractivity contribution in [3.63, 3.8) is 0 Å². The maximum Gasteiger partial charge on any atom is 0.226 e. The monoisotopic (exact) mass is 193 g/mol. The molecule has 0 aliphatic heterocycles. The third kappa shape index (κ3) is 3.14. The van der Waals surface area contributed by atoms with Crippen LogP contribution in [0.25, 0.3) is 0 Å². The second kappa shape index (κ2) is 5.34. The molecule has 1 rings (SSSR count). The van der Waals surface area contributed by atoms with Gasteiger partial charge in [0.15, 0.2) is 0 Å². The number of hydrogen-bond donors (Lipinski definition) is 1. The van der Waals surface area contributed by atoms with Crippen LogP contribution in [0.4, 0.5) is 0 Å². The molecule has 0 aliphatic carbocycles. The van der Waals surface area contributed by atoms with Gasteiger partial charge in [0, 0.05) is 32.5 Å². The third-order valence-electron chi connectivity index (χ3n) is 1.99. The Kier molecular flexibility index (Phi) is 4.07. The van der Waals surface area contributed by atoms with E-state index >= 15 is 0 Å². The lowest BCUT2D eigenvalue weighted by atomic mass is 10.2. The Balaban J connectivity index is 2.49. The molecular weight excluding hydrogens is 178 g/mol. The summed E-state index contributed by atoms with van der Waals surface area (Å²) in [4.78, 5) is 17.1. The number of carbonyl (C=O) groups excluding carboxylic acids is 1. The molecule has 1 aromatic heterocycles. The van der Waals surface area contributed by atoms with Gasteiger partial charge >= 0.3 is 0 Å². The summed E-state index contributed by atoms with van der Waals surface area (Å²) in [6.45, 7) is 1.10. The fourth-order valence-electron chi connectivity index (χ4n) is 1.13. The first-order valence-electron chi connectivity index (χ1n) is 4.57. The summed E-state index contributed by atoms with van der Waals surface area (Å²) in [7, 11) is 1.76. The minimum atomic E-state index is 0.0849. The highest BCUT2D eigenvalue weighted by Gasteiger charge is 2.07. The van der Waals surface area contributed by atoms with E-state index in [9.17, 15) is 4.79 Å². The Hall–Kier alpha value is -1.42. The zero-order chi connectivity index (χ0) is 10.4. The predicted octanol–water partition coefficient (Wildman–Crippen LogP) is 0.0412. The Morgan fingerprint density at radius 3 is 2.71 bits per heavy atom. The molecule has 76 valence electrons. The molecule has 1 aromatic rings. The van der Waals surface area contributed by atoms with Crippen LogP contribution in [0, 0.1) is 0 Å². The third-order valence-corrected chi connectivity index (χ3v) is 1.99. The highest BCUT2D eigenvalue weighted by molar-refractivity contribution is 5.78. The summed E-state index contributed by atoms with van der Waals surface area (Å²) in [6, 6.07) is 3.68. The van der Waals surface area contributed by atoms with Crippen molar-refractivity contribution in [2.24, 2.45) is 5.73 Å². The van der Waals surface area contributed by atoms with Gasteiger partial charge in [-0.05, 0) is 17.7 Å². The van der Waals surface area contributed by atoms with Gasteiger partial charge in [-0.3, -0.25) is 9.78 Å². The molecule has 2 N–H and O–H groups in total. The molecule has 4 heteroatoms. The maximum absolute atomic E-state index is 11.6. The van der Waals surface area contributed by atoms with Gasteiger partial charge in [0.2, 0.25) is 5.91 Å². The van der Waals surface area contributed by atoms with Crippen molar-refractivity contribution < 1.29 is 4.79 Å². The van der Waals surface area contributed by atoms with Crippen molar-refractivity contribution >= 4 is 5.91 Å². The van der Waals surface area contributed by atoms with Gasteiger partial charge in [0.25, 0.3) is 0 Å². The van der Waals surface area contributed by atoms with E-state index in [4.69, 9.17) is 5.73 Å². The van der Waals surface area contributed by atoms with Gasteiger partial charge in [0.05, 0.1) is 6.42 Å².